The number of nitrogens with one attached hydrogen (secondary N) is 1. The maximum Gasteiger partial charge on any atom is 0.231 e. The Hall–Kier alpha value is -3.28. The molecule has 6 heteroatoms. The van der Waals surface area contributed by atoms with E-state index in [4.69, 9.17) is 15.2 Å². The van der Waals surface area contributed by atoms with Gasteiger partial charge in [-0.1, -0.05) is 35.9 Å². The van der Waals surface area contributed by atoms with Crippen LogP contribution in [0.5, 0.6) is 11.5 Å². The normalized spacial score (nSPS) is 12.2. The quantitative estimate of drug-likeness (QED) is 0.761. The lowest BCUT2D eigenvalue weighted by atomic mass is 10.1. The third-order valence-corrected chi connectivity index (χ3v) is 4.00. The molecule has 0 amide bonds. The highest BCUT2D eigenvalue weighted by molar-refractivity contribution is 5.64. The molecule has 3 N–H and O–H groups in total. The number of benzene rings is 2. The first-order valence-electron chi connectivity index (χ1n) is 8.01. The Morgan fingerprint density at radius 2 is 1.80 bits per heavy atom. The Labute approximate surface area is 145 Å². The van der Waals surface area contributed by atoms with Crippen LogP contribution in [0.15, 0.2) is 48.5 Å². The third-order valence-electron chi connectivity index (χ3n) is 4.00. The average Bonchev–Trinajstić information content (AvgIpc) is 3.08. The van der Waals surface area contributed by atoms with Crippen molar-refractivity contribution in [1.82, 2.24) is 9.97 Å². The Morgan fingerprint density at radius 1 is 1.00 bits per heavy atom. The minimum Gasteiger partial charge on any atom is -0.454 e. The molecule has 0 bridgehead atoms. The van der Waals surface area contributed by atoms with Gasteiger partial charge in [-0.25, -0.2) is 4.98 Å². The van der Waals surface area contributed by atoms with Gasteiger partial charge in [-0.3, -0.25) is 0 Å². The highest BCUT2D eigenvalue weighted by Gasteiger charge is 2.13. The molecule has 0 radical (unpaired) electrons. The molecule has 0 spiro atoms. The number of fused-ring (bicyclic) bond motifs is 1. The summed E-state index contributed by atoms with van der Waals surface area (Å²) in [7, 11) is 0. The van der Waals surface area contributed by atoms with Crippen molar-refractivity contribution < 1.29 is 9.47 Å². The lowest BCUT2D eigenvalue weighted by molar-refractivity contribution is 0.174. The largest absolute Gasteiger partial charge is 0.454 e. The van der Waals surface area contributed by atoms with Gasteiger partial charge < -0.3 is 20.5 Å². The van der Waals surface area contributed by atoms with Crippen LogP contribution in [0.25, 0.3) is 11.3 Å². The number of nitrogens with two attached hydrogens (primary N) is 1. The zero-order valence-electron chi connectivity index (χ0n) is 13.8. The first-order chi connectivity index (χ1) is 12.2. The predicted molar refractivity (Wildman–Crippen MR) is 96.5 cm³/mol. The molecule has 0 fully saturated rings. The summed E-state index contributed by atoms with van der Waals surface area (Å²) >= 11 is 0. The van der Waals surface area contributed by atoms with Crippen molar-refractivity contribution in [3.05, 3.63) is 59.7 Å². The molecule has 1 aromatic heterocycles. The van der Waals surface area contributed by atoms with E-state index in [1.54, 1.807) is 0 Å². The predicted octanol–water partition coefficient (Wildman–Crippen LogP) is 3.38. The molecular weight excluding hydrogens is 316 g/mol. The van der Waals surface area contributed by atoms with E-state index in [9.17, 15) is 0 Å². The second-order valence-electron chi connectivity index (χ2n) is 5.90. The van der Waals surface area contributed by atoms with E-state index < -0.39 is 0 Å². The Kier molecular flexibility index (Phi) is 3.85. The number of rotatable bonds is 4. The highest BCUT2D eigenvalue weighted by atomic mass is 16.7. The van der Waals surface area contributed by atoms with Gasteiger partial charge in [0.25, 0.3) is 0 Å². The number of ether oxygens (including phenoxy) is 2. The van der Waals surface area contributed by atoms with Crippen molar-refractivity contribution in [2.24, 2.45) is 0 Å². The van der Waals surface area contributed by atoms with Crippen LogP contribution in [0.1, 0.15) is 11.1 Å². The van der Waals surface area contributed by atoms with Crippen LogP contribution in [0.4, 0.5) is 11.8 Å². The Morgan fingerprint density at radius 3 is 2.64 bits per heavy atom. The van der Waals surface area contributed by atoms with Gasteiger partial charge in [0.1, 0.15) is 5.82 Å². The molecule has 0 aliphatic carbocycles. The summed E-state index contributed by atoms with van der Waals surface area (Å²) in [6.07, 6.45) is 0. The second kappa shape index (κ2) is 6.32. The van der Waals surface area contributed by atoms with Crippen molar-refractivity contribution in [1.29, 1.82) is 0 Å². The molecule has 4 rings (SSSR count). The molecule has 126 valence electrons. The van der Waals surface area contributed by atoms with Crippen LogP contribution in [-0.4, -0.2) is 16.8 Å². The lowest BCUT2D eigenvalue weighted by Crippen LogP contribution is -2.05. The van der Waals surface area contributed by atoms with Gasteiger partial charge in [-0.2, -0.15) is 4.98 Å². The van der Waals surface area contributed by atoms with Crippen molar-refractivity contribution >= 4 is 11.8 Å². The summed E-state index contributed by atoms with van der Waals surface area (Å²) in [6, 6.07) is 15.9. The SMILES string of the molecule is Cc1ccc(-c2cc(NCc3ccc4c(c3)OCO4)nc(N)n2)cc1. The maximum absolute atomic E-state index is 5.87. The fourth-order valence-corrected chi connectivity index (χ4v) is 2.67. The van der Waals surface area contributed by atoms with Crippen LogP contribution in [0, 0.1) is 6.92 Å². The van der Waals surface area contributed by atoms with Crippen LogP contribution in [-0.2, 0) is 6.54 Å². The molecular formula is C19H18N4O2. The molecule has 0 atom stereocenters. The Balaban J connectivity index is 1.53. The fraction of sp³-hybridized carbons (Fsp3) is 0.158. The number of nitrogens with zero attached hydrogens (tertiary/aromatic N) is 2. The summed E-state index contributed by atoms with van der Waals surface area (Å²) in [5.74, 6) is 2.46. The van der Waals surface area contributed by atoms with Gasteiger partial charge in [-0.05, 0) is 24.6 Å². The summed E-state index contributed by atoms with van der Waals surface area (Å²) < 4.78 is 10.7. The van der Waals surface area contributed by atoms with E-state index >= 15 is 0 Å². The van der Waals surface area contributed by atoms with Crippen LogP contribution in [0.3, 0.4) is 0 Å². The fourth-order valence-electron chi connectivity index (χ4n) is 2.67. The van der Waals surface area contributed by atoms with E-state index in [0.717, 1.165) is 28.3 Å². The van der Waals surface area contributed by atoms with Crippen LogP contribution < -0.4 is 20.5 Å². The topological polar surface area (TPSA) is 82.3 Å². The van der Waals surface area contributed by atoms with Crippen molar-refractivity contribution in [3.8, 4) is 22.8 Å². The smallest absolute Gasteiger partial charge is 0.231 e. The maximum atomic E-state index is 5.87. The third kappa shape index (κ3) is 3.33. The summed E-state index contributed by atoms with van der Waals surface area (Å²) in [4.78, 5) is 8.59. The highest BCUT2D eigenvalue weighted by Crippen LogP contribution is 2.32. The van der Waals surface area contributed by atoms with Gasteiger partial charge in [0.2, 0.25) is 12.7 Å². The minimum absolute atomic E-state index is 0.242. The van der Waals surface area contributed by atoms with E-state index in [1.165, 1.54) is 5.56 Å². The number of hydrogen-bond donors (Lipinski definition) is 2. The summed E-state index contributed by atoms with van der Waals surface area (Å²) in [6.45, 7) is 2.92. The molecule has 0 saturated heterocycles. The molecule has 1 aliphatic rings. The van der Waals surface area contributed by atoms with Gasteiger partial charge in [0.15, 0.2) is 11.5 Å². The number of hydrogen-bond acceptors (Lipinski definition) is 6. The number of nitrogen functional groups attached to an aromatic ring is 1. The molecule has 2 heterocycles. The van der Waals surface area contributed by atoms with E-state index in [-0.39, 0.29) is 12.7 Å². The lowest BCUT2D eigenvalue weighted by Gasteiger charge is -2.09. The molecule has 25 heavy (non-hydrogen) atoms. The first kappa shape index (κ1) is 15.3. The van der Waals surface area contributed by atoms with Gasteiger partial charge in [0, 0.05) is 18.2 Å². The van der Waals surface area contributed by atoms with Crippen molar-refractivity contribution in [2.45, 2.75) is 13.5 Å². The van der Waals surface area contributed by atoms with Crippen molar-refractivity contribution in [2.75, 3.05) is 17.8 Å². The molecule has 2 aromatic carbocycles. The second-order valence-corrected chi connectivity index (χ2v) is 5.90. The zero-order valence-corrected chi connectivity index (χ0v) is 13.8. The van der Waals surface area contributed by atoms with E-state index in [2.05, 4.69) is 22.2 Å². The Bertz CT molecular complexity index is 910. The monoisotopic (exact) mass is 334 g/mol. The van der Waals surface area contributed by atoms with Crippen molar-refractivity contribution in [3.63, 3.8) is 0 Å². The molecule has 3 aromatic rings. The van der Waals surface area contributed by atoms with E-state index in [0.29, 0.717) is 12.4 Å². The van der Waals surface area contributed by atoms with Gasteiger partial charge in [-0.15, -0.1) is 0 Å². The number of aryl methyl sites for hydroxylation is 1. The first-order valence-corrected chi connectivity index (χ1v) is 8.01. The van der Waals surface area contributed by atoms with Gasteiger partial charge >= 0.3 is 0 Å². The number of aromatic nitrogens is 2. The minimum atomic E-state index is 0.242. The zero-order chi connectivity index (χ0) is 17.2. The van der Waals surface area contributed by atoms with Crippen LogP contribution >= 0.6 is 0 Å². The van der Waals surface area contributed by atoms with Crippen LogP contribution in [0.2, 0.25) is 0 Å². The van der Waals surface area contributed by atoms with E-state index in [1.807, 2.05) is 48.5 Å². The number of anilines is 2. The van der Waals surface area contributed by atoms with Gasteiger partial charge in [0.05, 0.1) is 5.69 Å². The molecule has 0 saturated carbocycles. The summed E-state index contributed by atoms with van der Waals surface area (Å²) in [5, 5.41) is 3.29. The molecule has 1 aliphatic heterocycles. The molecule has 0 unspecified atom stereocenters. The molecule has 6 nitrogen and oxygen atoms in total. The standard InChI is InChI=1S/C19H18N4O2/c1-12-2-5-14(6-3-12)15-9-18(23-19(20)22-15)21-10-13-4-7-16-17(8-13)25-11-24-16/h2-9H,10-11H2,1H3,(H3,20,21,22,23). The average molecular weight is 334 g/mol. The summed E-state index contributed by atoms with van der Waals surface area (Å²) in [5.41, 5.74) is 9.94.